The molecule has 0 bridgehead atoms. The molecule has 0 aliphatic carbocycles. The molecule has 10 heavy (non-hydrogen) atoms. The van der Waals surface area contributed by atoms with Crippen molar-refractivity contribution in [3.8, 4) is 0 Å². The van der Waals surface area contributed by atoms with E-state index in [-0.39, 0.29) is 0 Å². The average molecular weight is 144 g/mol. The number of nitrogens with two attached hydrogens (primary N) is 2. The Morgan fingerprint density at radius 2 is 2.00 bits per heavy atom. The topological polar surface area (TPSA) is 52.0 Å². The zero-order valence-corrected chi connectivity index (χ0v) is 7.14. The van der Waals surface area contributed by atoms with Gasteiger partial charge in [0.15, 0.2) is 0 Å². The molecule has 2 atom stereocenters. The van der Waals surface area contributed by atoms with Gasteiger partial charge in [0.25, 0.3) is 0 Å². The summed E-state index contributed by atoms with van der Waals surface area (Å²) < 4.78 is 0. The molecular weight excluding hydrogens is 124 g/mol. The zero-order valence-electron chi connectivity index (χ0n) is 7.14. The summed E-state index contributed by atoms with van der Waals surface area (Å²) in [6, 6.07) is 0.367. The van der Waals surface area contributed by atoms with E-state index < -0.39 is 0 Å². The van der Waals surface area contributed by atoms with Gasteiger partial charge in [0, 0.05) is 6.04 Å². The predicted molar refractivity (Wildman–Crippen MR) is 45.7 cm³/mol. The van der Waals surface area contributed by atoms with Crippen LogP contribution in [-0.4, -0.2) is 12.6 Å². The van der Waals surface area contributed by atoms with Crippen LogP contribution in [0.2, 0.25) is 0 Å². The summed E-state index contributed by atoms with van der Waals surface area (Å²) in [5.74, 6) is 0.633. The second kappa shape index (κ2) is 5.69. The van der Waals surface area contributed by atoms with Gasteiger partial charge < -0.3 is 11.5 Å². The molecule has 0 heterocycles. The second-order valence-corrected chi connectivity index (χ2v) is 2.98. The molecule has 0 saturated heterocycles. The van der Waals surface area contributed by atoms with Crippen LogP contribution in [0.25, 0.3) is 0 Å². The maximum Gasteiger partial charge on any atom is 0.00619 e. The van der Waals surface area contributed by atoms with Gasteiger partial charge in [-0.3, -0.25) is 0 Å². The molecule has 0 aromatic rings. The molecule has 0 radical (unpaired) electrons. The standard InChI is InChI=1S/C8H20N2/c1-3-8(10)7(2)5-4-6-9/h7-8H,3-6,9-10H2,1-2H3. The fourth-order valence-corrected chi connectivity index (χ4v) is 1.06. The molecule has 0 saturated carbocycles. The molecule has 2 unspecified atom stereocenters. The lowest BCUT2D eigenvalue weighted by molar-refractivity contribution is 0.409. The van der Waals surface area contributed by atoms with Crippen molar-refractivity contribution < 1.29 is 0 Å². The fraction of sp³-hybridized carbons (Fsp3) is 1.00. The van der Waals surface area contributed by atoms with E-state index in [1.807, 2.05) is 0 Å². The third-order valence-electron chi connectivity index (χ3n) is 2.07. The van der Waals surface area contributed by atoms with Crippen molar-refractivity contribution in [2.24, 2.45) is 17.4 Å². The summed E-state index contributed by atoms with van der Waals surface area (Å²) >= 11 is 0. The van der Waals surface area contributed by atoms with E-state index in [2.05, 4.69) is 13.8 Å². The quantitative estimate of drug-likeness (QED) is 0.607. The van der Waals surface area contributed by atoms with Gasteiger partial charge in [-0.25, -0.2) is 0 Å². The van der Waals surface area contributed by atoms with Gasteiger partial charge in [-0.05, 0) is 31.7 Å². The van der Waals surface area contributed by atoms with Crippen molar-refractivity contribution in [1.29, 1.82) is 0 Å². The Morgan fingerprint density at radius 3 is 2.40 bits per heavy atom. The molecule has 0 amide bonds. The number of hydrogen-bond acceptors (Lipinski definition) is 2. The van der Waals surface area contributed by atoms with E-state index in [0.29, 0.717) is 12.0 Å². The lowest BCUT2D eigenvalue weighted by atomic mass is 9.96. The minimum Gasteiger partial charge on any atom is -0.330 e. The maximum atomic E-state index is 5.82. The maximum absolute atomic E-state index is 5.82. The van der Waals surface area contributed by atoms with Crippen molar-refractivity contribution in [2.75, 3.05) is 6.54 Å². The molecule has 4 N–H and O–H groups in total. The van der Waals surface area contributed by atoms with Crippen molar-refractivity contribution in [3.05, 3.63) is 0 Å². The third kappa shape index (κ3) is 3.85. The molecule has 0 fully saturated rings. The summed E-state index contributed by atoms with van der Waals surface area (Å²) in [6.45, 7) is 5.12. The van der Waals surface area contributed by atoms with E-state index in [4.69, 9.17) is 11.5 Å². The summed E-state index contributed by atoms with van der Waals surface area (Å²) in [4.78, 5) is 0. The van der Waals surface area contributed by atoms with Gasteiger partial charge in [-0.2, -0.15) is 0 Å². The molecule has 2 heteroatoms. The average Bonchev–Trinajstić information content (AvgIpc) is 1.98. The molecule has 0 rings (SSSR count). The molecule has 0 aliphatic rings. The van der Waals surface area contributed by atoms with E-state index in [1.165, 1.54) is 6.42 Å². The molecule has 0 aromatic carbocycles. The smallest absolute Gasteiger partial charge is 0.00619 e. The van der Waals surface area contributed by atoms with Gasteiger partial charge in [0.05, 0.1) is 0 Å². The van der Waals surface area contributed by atoms with Crippen LogP contribution in [0.3, 0.4) is 0 Å². The van der Waals surface area contributed by atoms with Crippen molar-refractivity contribution >= 4 is 0 Å². The molecule has 2 nitrogen and oxygen atoms in total. The summed E-state index contributed by atoms with van der Waals surface area (Å²) in [7, 11) is 0. The summed E-state index contributed by atoms with van der Waals surface area (Å²) in [5.41, 5.74) is 11.2. The number of rotatable bonds is 5. The van der Waals surface area contributed by atoms with Crippen molar-refractivity contribution in [1.82, 2.24) is 0 Å². The Kier molecular flexibility index (Phi) is 5.64. The molecular formula is C8H20N2. The predicted octanol–water partition coefficient (Wildman–Crippen LogP) is 1.10. The number of hydrogen-bond donors (Lipinski definition) is 2. The first kappa shape index (κ1) is 9.92. The Labute approximate surface area is 64.0 Å². The third-order valence-corrected chi connectivity index (χ3v) is 2.07. The van der Waals surface area contributed by atoms with Crippen LogP contribution in [0.4, 0.5) is 0 Å². The van der Waals surface area contributed by atoms with E-state index in [1.54, 1.807) is 0 Å². The van der Waals surface area contributed by atoms with Gasteiger partial charge >= 0.3 is 0 Å². The lowest BCUT2D eigenvalue weighted by Crippen LogP contribution is -2.27. The van der Waals surface area contributed by atoms with Crippen LogP contribution in [-0.2, 0) is 0 Å². The first-order valence-corrected chi connectivity index (χ1v) is 4.18. The normalized spacial score (nSPS) is 16.8. The highest BCUT2D eigenvalue weighted by Crippen LogP contribution is 2.10. The van der Waals surface area contributed by atoms with E-state index >= 15 is 0 Å². The Hall–Kier alpha value is -0.0800. The molecule has 62 valence electrons. The highest BCUT2D eigenvalue weighted by Gasteiger charge is 2.08. The summed E-state index contributed by atoms with van der Waals surface area (Å²) in [6.07, 6.45) is 3.35. The van der Waals surface area contributed by atoms with Crippen LogP contribution < -0.4 is 11.5 Å². The van der Waals surface area contributed by atoms with Crippen LogP contribution in [0.15, 0.2) is 0 Å². The SMILES string of the molecule is CCC(N)C(C)CCCN. The minimum atomic E-state index is 0.367. The first-order valence-electron chi connectivity index (χ1n) is 4.18. The van der Waals surface area contributed by atoms with Crippen molar-refractivity contribution in [2.45, 2.75) is 39.2 Å². The second-order valence-electron chi connectivity index (χ2n) is 2.98. The Balaban J connectivity index is 3.31. The monoisotopic (exact) mass is 144 g/mol. The highest BCUT2D eigenvalue weighted by atomic mass is 14.6. The summed E-state index contributed by atoms with van der Waals surface area (Å²) in [5, 5.41) is 0. The van der Waals surface area contributed by atoms with Gasteiger partial charge in [0.2, 0.25) is 0 Å². The van der Waals surface area contributed by atoms with Crippen LogP contribution in [0.5, 0.6) is 0 Å². The first-order chi connectivity index (χ1) is 4.72. The minimum absolute atomic E-state index is 0.367. The van der Waals surface area contributed by atoms with Crippen LogP contribution in [0, 0.1) is 5.92 Å². The lowest BCUT2D eigenvalue weighted by Gasteiger charge is -2.17. The van der Waals surface area contributed by atoms with Crippen molar-refractivity contribution in [3.63, 3.8) is 0 Å². The van der Waals surface area contributed by atoms with E-state index in [9.17, 15) is 0 Å². The Morgan fingerprint density at radius 1 is 1.40 bits per heavy atom. The zero-order chi connectivity index (χ0) is 7.98. The van der Waals surface area contributed by atoms with Gasteiger partial charge in [0.1, 0.15) is 0 Å². The van der Waals surface area contributed by atoms with Gasteiger partial charge in [-0.1, -0.05) is 13.8 Å². The van der Waals surface area contributed by atoms with E-state index in [0.717, 1.165) is 19.4 Å². The molecule has 0 aromatic heterocycles. The largest absolute Gasteiger partial charge is 0.330 e. The van der Waals surface area contributed by atoms with Crippen LogP contribution in [0.1, 0.15) is 33.1 Å². The Bertz CT molecular complexity index is 73.7. The van der Waals surface area contributed by atoms with Gasteiger partial charge in [-0.15, -0.1) is 0 Å². The fourth-order valence-electron chi connectivity index (χ4n) is 1.06. The van der Waals surface area contributed by atoms with Crippen LogP contribution >= 0.6 is 0 Å². The highest BCUT2D eigenvalue weighted by molar-refractivity contribution is 4.66. The molecule has 0 spiro atoms. The molecule has 0 aliphatic heterocycles.